The van der Waals surface area contributed by atoms with Crippen LogP contribution in [-0.4, -0.2) is 55.6 Å². The minimum atomic E-state index is -1.71. The van der Waals surface area contributed by atoms with Gasteiger partial charge in [0.05, 0.1) is 22.2 Å². The summed E-state index contributed by atoms with van der Waals surface area (Å²) in [6.45, 7) is 10.0. The van der Waals surface area contributed by atoms with Gasteiger partial charge in [-0.25, -0.2) is 27.5 Å². The Balaban J connectivity index is 1.52. The van der Waals surface area contributed by atoms with Crippen LogP contribution in [0.25, 0.3) is 17.0 Å². The van der Waals surface area contributed by atoms with Gasteiger partial charge in [0, 0.05) is 34.9 Å². The predicted octanol–water partition coefficient (Wildman–Crippen LogP) is 8.76. The van der Waals surface area contributed by atoms with Crippen molar-refractivity contribution in [2.45, 2.75) is 62.1 Å². The number of hydrogen-bond acceptors (Lipinski definition) is 8. The van der Waals surface area contributed by atoms with Crippen LogP contribution in [-0.2, 0) is 11.2 Å². The van der Waals surface area contributed by atoms with Crippen molar-refractivity contribution in [3.63, 3.8) is 0 Å². The van der Waals surface area contributed by atoms with Crippen molar-refractivity contribution in [2.75, 3.05) is 13.2 Å². The second-order valence-corrected chi connectivity index (χ2v) is 14.5. The van der Waals surface area contributed by atoms with E-state index < -0.39 is 34.4 Å². The number of carbonyl (C=O) groups excluding carboxylic acids is 1. The molecule has 0 saturated heterocycles. The summed E-state index contributed by atoms with van der Waals surface area (Å²) in [5, 5.41) is 12.0. The molecule has 2 aromatic carbocycles. The van der Waals surface area contributed by atoms with E-state index in [2.05, 4.69) is 11.6 Å². The standard InChI is InChI=1S/C33H33F3N4O4S2/c1-6-21-14-25(34)29(26(35)15-21)31-30-24(13-19(2)38(31)18-33(4,5)36)23-9-7-8-10-27(23)39(30)32(41)44-17-20(3)45-46-28-12-11-22(16-37-28)40(42)43/h6-12,14-16,19-20,31H,1,13,17-18H2,2-5H3/t19-,20-,31-/m1/s1. The summed E-state index contributed by atoms with van der Waals surface area (Å²) >= 11 is 0. The summed E-state index contributed by atoms with van der Waals surface area (Å²) in [4.78, 5) is 30.1. The quantitative estimate of drug-likeness (QED) is 0.0940. The summed E-state index contributed by atoms with van der Waals surface area (Å²) in [6.07, 6.45) is 2.21. The van der Waals surface area contributed by atoms with Crippen molar-refractivity contribution in [2.24, 2.45) is 0 Å². The van der Waals surface area contributed by atoms with Gasteiger partial charge in [0.1, 0.15) is 35.1 Å². The Kier molecular flexibility index (Phi) is 9.85. The van der Waals surface area contributed by atoms with E-state index in [0.717, 1.165) is 10.9 Å². The second-order valence-electron chi connectivity index (χ2n) is 11.8. The van der Waals surface area contributed by atoms with Crippen LogP contribution in [0.15, 0.2) is 66.3 Å². The summed E-state index contributed by atoms with van der Waals surface area (Å²) in [5.41, 5.74) is -0.253. The Labute approximate surface area is 272 Å². The number of halogens is 3. The molecule has 0 radical (unpaired) electrons. The van der Waals surface area contributed by atoms with Crippen LogP contribution in [0.1, 0.15) is 56.1 Å². The fraction of sp³-hybridized carbons (Fsp3) is 0.333. The van der Waals surface area contributed by atoms with E-state index in [1.807, 2.05) is 26.0 Å². The highest BCUT2D eigenvalue weighted by atomic mass is 33.1. The Morgan fingerprint density at radius 2 is 1.93 bits per heavy atom. The number of pyridine rings is 1. The molecule has 2 aromatic heterocycles. The molecule has 1 aliphatic heterocycles. The number of aromatic nitrogens is 2. The molecule has 5 rings (SSSR count). The first kappa shape index (κ1) is 33.6. The number of nitro groups is 1. The molecule has 0 fully saturated rings. The van der Waals surface area contributed by atoms with E-state index in [0.29, 0.717) is 22.7 Å². The summed E-state index contributed by atoms with van der Waals surface area (Å²) in [7, 11) is 2.65. The number of rotatable bonds is 10. The average molecular weight is 671 g/mol. The van der Waals surface area contributed by atoms with Gasteiger partial charge in [-0.1, -0.05) is 41.6 Å². The van der Waals surface area contributed by atoms with Gasteiger partial charge >= 0.3 is 6.09 Å². The number of para-hydroxylation sites is 1. The molecular formula is C33H33F3N4O4S2. The number of fused-ring (bicyclic) bond motifs is 3. The normalized spacial score (nSPS) is 17.5. The molecule has 0 amide bonds. The van der Waals surface area contributed by atoms with Crippen molar-refractivity contribution < 1.29 is 27.6 Å². The van der Waals surface area contributed by atoms with Gasteiger partial charge in [0.15, 0.2) is 0 Å². The Morgan fingerprint density at radius 1 is 1.24 bits per heavy atom. The zero-order chi connectivity index (χ0) is 33.3. The molecule has 0 aliphatic carbocycles. The maximum atomic E-state index is 15.9. The minimum Gasteiger partial charge on any atom is -0.448 e. The summed E-state index contributed by atoms with van der Waals surface area (Å²) < 4.78 is 54.2. The van der Waals surface area contributed by atoms with Crippen LogP contribution >= 0.6 is 21.6 Å². The number of hydrogen-bond donors (Lipinski definition) is 0. The Bertz CT molecular complexity index is 1770. The third kappa shape index (κ3) is 6.96. The number of benzene rings is 2. The van der Waals surface area contributed by atoms with Crippen LogP contribution < -0.4 is 0 Å². The lowest BCUT2D eigenvalue weighted by atomic mass is 9.86. The van der Waals surface area contributed by atoms with E-state index >= 15 is 13.2 Å². The molecule has 0 spiro atoms. The van der Waals surface area contributed by atoms with Gasteiger partial charge in [-0.2, -0.15) is 0 Å². The SMILES string of the molecule is C=Cc1cc(F)c([C@@H]2c3c(c4ccccc4n3C(=O)OC[C@@H](C)SSc3ccc([N+](=O)[O-])cn3)C[C@@H](C)N2CC(C)(C)F)c(F)c1. The van der Waals surface area contributed by atoms with Crippen LogP contribution in [0.5, 0.6) is 0 Å². The highest BCUT2D eigenvalue weighted by Gasteiger charge is 2.43. The molecule has 0 unspecified atom stereocenters. The van der Waals surface area contributed by atoms with Crippen molar-refractivity contribution in [3.05, 3.63) is 105 Å². The van der Waals surface area contributed by atoms with E-state index in [4.69, 9.17) is 4.74 Å². The van der Waals surface area contributed by atoms with Gasteiger partial charge in [-0.15, -0.1) is 0 Å². The lowest BCUT2D eigenvalue weighted by Gasteiger charge is -2.43. The molecule has 3 atom stereocenters. The zero-order valence-corrected chi connectivity index (χ0v) is 27.3. The fourth-order valence-electron chi connectivity index (χ4n) is 5.76. The van der Waals surface area contributed by atoms with Crippen LogP contribution in [0.4, 0.5) is 23.7 Å². The van der Waals surface area contributed by atoms with E-state index in [9.17, 15) is 14.9 Å². The van der Waals surface area contributed by atoms with Gasteiger partial charge in [-0.05, 0) is 80.3 Å². The number of nitrogens with zero attached hydrogens (tertiary/aromatic N) is 4. The van der Waals surface area contributed by atoms with Crippen molar-refractivity contribution in [3.8, 4) is 0 Å². The van der Waals surface area contributed by atoms with E-state index in [-0.39, 0.29) is 41.3 Å². The summed E-state index contributed by atoms with van der Waals surface area (Å²) in [6, 6.07) is 11.0. The maximum absolute atomic E-state index is 15.9. The first-order valence-electron chi connectivity index (χ1n) is 14.6. The molecular weight excluding hydrogens is 638 g/mol. The van der Waals surface area contributed by atoms with Crippen LogP contribution in [0, 0.1) is 21.7 Å². The molecule has 8 nitrogen and oxygen atoms in total. The van der Waals surface area contributed by atoms with Crippen molar-refractivity contribution in [1.29, 1.82) is 0 Å². The number of ether oxygens (including phenoxy) is 1. The first-order chi connectivity index (χ1) is 21.8. The monoisotopic (exact) mass is 670 g/mol. The Hall–Kier alpha value is -3.81. The minimum absolute atomic E-state index is 0.0101. The fourth-order valence-corrected chi connectivity index (χ4v) is 7.62. The van der Waals surface area contributed by atoms with Crippen LogP contribution in [0.2, 0.25) is 0 Å². The molecule has 3 heterocycles. The first-order valence-corrected chi connectivity index (χ1v) is 16.8. The lowest BCUT2D eigenvalue weighted by molar-refractivity contribution is -0.385. The zero-order valence-electron chi connectivity index (χ0n) is 25.7. The maximum Gasteiger partial charge on any atom is 0.418 e. The van der Waals surface area contributed by atoms with Gasteiger partial charge in [-0.3, -0.25) is 15.0 Å². The molecule has 13 heteroatoms. The molecule has 46 heavy (non-hydrogen) atoms. The Morgan fingerprint density at radius 3 is 2.54 bits per heavy atom. The number of carbonyl (C=O) groups is 1. The smallest absolute Gasteiger partial charge is 0.418 e. The highest BCUT2D eigenvalue weighted by Crippen LogP contribution is 2.45. The van der Waals surface area contributed by atoms with Gasteiger partial charge in [0.25, 0.3) is 5.69 Å². The topological polar surface area (TPSA) is 90.5 Å². The van der Waals surface area contributed by atoms with E-state index in [1.54, 1.807) is 17.0 Å². The molecule has 0 bridgehead atoms. The number of alkyl halides is 1. The van der Waals surface area contributed by atoms with Gasteiger partial charge in [0.2, 0.25) is 0 Å². The van der Waals surface area contributed by atoms with Crippen LogP contribution in [0.3, 0.4) is 0 Å². The predicted molar refractivity (Wildman–Crippen MR) is 176 cm³/mol. The third-order valence-electron chi connectivity index (χ3n) is 7.70. The molecule has 242 valence electrons. The lowest BCUT2D eigenvalue weighted by Crippen LogP contribution is -2.49. The highest BCUT2D eigenvalue weighted by molar-refractivity contribution is 8.76. The average Bonchev–Trinajstić information content (AvgIpc) is 3.33. The van der Waals surface area contributed by atoms with Crippen molar-refractivity contribution in [1.82, 2.24) is 14.5 Å². The van der Waals surface area contributed by atoms with E-state index in [1.165, 1.54) is 76.5 Å². The second kappa shape index (κ2) is 13.5. The molecule has 1 aliphatic rings. The van der Waals surface area contributed by atoms with Crippen molar-refractivity contribution >= 4 is 50.3 Å². The summed E-state index contributed by atoms with van der Waals surface area (Å²) in [5.74, 6) is -1.65. The largest absolute Gasteiger partial charge is 0.448 e. The molecule has 0 N–H and O–H groups in total. The molecule has 4 aromatic rings. The van der Waals surface area contributed by atoms with Gasteiger partial charge < -0.3 is 4.74 Å². The molecule has 0 saturated carbocycles. The third-order valence-corrected chi connectivity index (χ3v) is 10.5.